The van der Waals surface area contributed by atoms with Gasteiger partial charge < -0.3 is 9.47 Å². The number of hydrogen-bond acceptors (Lipinski definition) is 6. The smallest absolute Gasteiger partial charge is 0.420 e. The molecule has 4 rings (SSSR count). The quantitative estimate of drug-likeness (QED) is 0.400. The second-order valence-corrected chi connectivity index (χ2v) is 9.96. The summed E-state index contributed by atoms with van der Waals surface area (Å²) in [6.45, 7) is 6.29. The maximum absolute atomic E-state index is 15.1. The van der Waals surface area contributed by atoms with Crippen LogP contribution in [-0.2, 0) is 19.8 Å². The molecule has 11 heteroatoms. The predicted molar refractivity (Wildman–Crippen MR) is 124 cm³/mol. The van der Waals surface area contributed by atoms with E-state index in [-0.39, 0.29) is 28.6 Å². The Hall–Kier alpha value is -3.76. The molecule has 1 fully saturated rings. The molecule has 0 spiro atoms. The largest absolute Gasteiger partial charge is 0.466 e. The number of nitrogens with zero attached hydrogens (tertiary/aromatic N) is 3. The lowest BCUT2D eigenvalue weighted by Gasteiger charge is -2.40. The number of allylic oxidation sites excluding steroid dienone is 1. The van der Waals surface area contributed by atoms with E-state index in [9.17, 15) is 22.8 Å². The van der Waals surface area contributed by atoms with E-state index in [2.05, 4.69) is 9.98 Å². The number of aliphatic imine (C=N–C) groups is 1. The molecule has 1 amide bonds. The molecule has 0 radical (unpaired) electrons. The fraction of sp³-hybridized carbons (Fsp3) is 0.385. The molecule has 2 aromatic rings. The molecule has 1 aromatic heterocycles. The van der Waals surface area contributed by atoms with Crippen LogP contribution in [0, 0.1) is 29.2 Å². The zero-order chi connectivity index (χ0) is 27.3. The summed E-state index contributed by atoms with van der Waals surface area (Å²) in [7, 11) is 1.13. The molecular weight excluding hydrogens is 494 g/mol. The highest BCUT2D eigenvalue weighted by molar-refractivity contribution is 6.10. The fourth-order valence-corrected chi connectivity index (χ4v) is 4.18. The number of carbonyl (C=O) groups is 2. The van der Waals surface area contributed by atoms with Crippen molar-refractivity contribution in [3.63, 3.8) is 0 Å². The molecule has 7 nitrogen and oxygen atoms in total. The van der Waals surface area contributed by atoms with Crippen molar-refractivity contribution in [1.29, 1.82) is 0 Å². The van der Waals surface area contributed by atoms with Gasteiger partial charge in [0.1, 0.15) is 22.7 Å². The van der Waals surface area contributed by atoms with E-state index in [1.807, 2.05) is 0 Å². The van der Waals surface area contributed by atoms with Crippen LogP contribution in [0.15, 0.2) is 46.7 Å². The molecule has 1 aliphatic heterocycles. The van der Waals surface area contributed by atoms with E-state index in [4.69, 9.17) is 9.47 Å². The SMILES string of the molecule is COC(=O)C1=C(C2CC2)N(C(=O)OC(C)(C)C)C(c2ncc(F)cc2F)=NC1(C)c1ccc(F)c(F)c1. The Morgan fingerprint density at radius 2 is 1.73 bits per heavy atom. The van der Waals surface area contributed by atoms with Crippen molar-refractivity contribution < 1.29 is 36.6 Å². The fourth-order valence-electron chi connectivity index (χ4n) is 4.18. The average Bonchev–Trinajstić information content (AvgIpc) is 3.63. The summed E-state index contributed by atoms with van der Waals surface area (Å²) in [5, 5.41) is 0. The number of esters is 1. The van der Waals surface area contributed by atoms with Gasteiger partial charge in [-0.25, -0.2) is 42.0 Å². The molecule has 196 valence electrons. The Morgan fingerprint density at radius 1 is 1.05 bits per heavy atom. The first-order chi connectivity index (χ1) is 17.3. The number of ether oxygens (including phenoxy) is 2. The second kappa shape index (κ2) is 9.28. The minimum Gasteiger partial charge on any atom is -0.466 e. The number of carbonyl (C=O) groups excluding carboxylic acids is 2. The summed E-state index contributed by atoms with van der Waals surface area (Å²) >= 11 is 0. The molecule has 37 heavy (non-hydrogen) atoms. The van der Waals surface area contributed by atoms with Gasteiger partial charge >= 0.3 is 12.1 Å². The van der Waals surface area contributed by atoms with E-state index in [1.165, 1.54) is 13.0 Å². The topological polar surface area (TPSA) is 81.1 Å². The summed E-state index contributed by atoms with van der Waals surface area (Å²) < 4.78 is 67.5. The first kappa shape index (κ1) is 26.3. The van der Waals surface area contributed by atoms with Crippen molar-refractivity contribution in [1.82, 2.24) is 9.88 Å². The molecule has 2 aliphatic rings. The highest BCUT2D eigenvalue weighted by Crippen LogP contribution is 2.49. The number of aromatic nitrogens is 1. The van der Waals surface area contributed by atoms with Crippen LogP contribution >= 0.6 is 0 Å². The molecule has 1 aromatic carbocycles. The Bertz CT molecular complexity index is 1350. The van der Waals surface area contributed by atoms with Crippen LogP contribution in [0.2, 0.25) is 0 Å². The molecule has 0 bridgehead atoms. The number of pyridine rings is 1. The Labute approximate surface area is 210 Å². The first-order valence-corrected chi connectivity index (χ1v) is 11.5. The highest BCUT2D eigenvalue weighted by atomic mass is 19.2. The number of amides is 1. The minimum absolute atomic E-state index is 0.0359. The summed E-state index contributed by atoms with van der Waals surface area (Å²) in [5.74, 6) is -6.03. The molecular formula is C26H25F4N3O4. The van der Waals surface area contributed by atoms with Crippen LogP contribution in [0.25, 0.3) is 0 Å². The zero-order valence-corrected chi connectivity index (χ0v) is 20.9. The summed E-state index contributed by atoms with van der Waals surface area (Å²) in [4.78, 5) is 36.0. The lowest BCUT2D eigenvalue weighted by Crippen LogP contribution is -2.49. The van der Waals surface area contributed by atoms with Crippen LogP contribution in [0.3, 0.4) is 0 Å². The van der Waals surface area contributed by atoms with Crippen LogP contribution < -0.4 is 0 Å². The standard InChI is InChI=1S/C26H25F4N3O4/c1-25(2,3)37-24(35)33-21(13-6-7-13)19(23(34)36-5)26(4,14-8-9-16(28)17(29)10-14)32-22(33)20-18(30)11-15(27)12-31-20/h8-13H,6-7H2,1-5H3. The van der Waals surface area contributed by atoms with Gasteiger partial charge in [-0.1, -0.05) is 6.07 Å². The van der Waals surface area contributed by atoms with Crippen molar-refractivity contribution in [2.75, 3.05) is 7.11 Å². The third kappa shape index (κ3) is 4.94. The molecule has 1 unspecified atom stereocenters. The maximum Gasteiger partial charge on any atom is 0.420 e. The van der Waals surface area contributed by atoms with E-state index < -0.39 is 52.2 Å². The third-order valence-electron chi connectivity index (χ3n) is 5.96. The van der Waals surface area contributed by atoms with Gasteiger partial charge in [-0.05, 0) is 58.2 Å². The van der Waals surface area contributed by atoms with Gasteiger partial charge in [0.25, 0.3) is 0 Å². The maximum atomic E-state index is 15.1. The Balaban J connectivity index is 2.08. The van der Waals surface area contributed by atoms with Gasteiger partial charge in [-0.15, -0.1) is 0 Å². The normalized spacial score (nSPS) is 20.0. The van der Waals surface area contributed by atoms with Crippen molar-refractivity contribution in [3.8, 4) is 0 Å². The van der Waals surface area contributed by atoms with E-state index >= 15 is 4.39 Å². The monoisotopic (exact) mass is 519 g/mol. The molecule has 1 atom stereocenters. The lowest BCUT2D eigenvalue weighted by atomic mass is 9.80. The van der Waals surface area contributed by atoms with Crippen LogP contribution in [0.5, 0.6) is 0 Å². The number of rotatable bonds is 4. The molecule has 1 saturated carbocycles. The van der Waals surface area contributed by atoms with E-state index in [0.717, 1.165) is 30.3 Å². The van der Waals surface area contributed by atoms with Crippen LogP contribution in [0.4, 0.5) is 22.4 Å². The number of halogens is 4. The van der Waals surface area contributed by atoms with Gasteiger partial charge in [-0.2, -0.15) is 0 Å². The number of hydrogen-bond donors (Lipinski definition) is 0. The van der Waals surface area contributed by atoms with Crippen molar-refractivity contribution in [3.05, 3.63) is 76.3 Å². The third-order valence-corrected chi connectivity index (χ3v) is 5.96. The summed E-state index contributed by atoms with van der Waals surface area (Å²) in [6, 6.07) is 3.53. The minimum atomic E-state index is -1.77. The first-order valence-electron chi connectivity index (χ1n) is 11.5. The Kier molecular flexibility index (Phi) is 6.60. The van der Waals surface area contributed by atoms with E-state index in [0.29, 0.717) is 18.9 Å². The van der Waals surface area contributed by atoms with Gasteiger partial charge in [-0.3, -0.25) is 0 Å². The van der Waals surface area contributed by atoms with Crippen LogP contribution in [-0.4, -0.2) is 40.5 Å². The van der Waals surface area contributed by atoms with Crippen molar-refractivity contribution in [2.45, 2.75) is 51.7 Å². The van der Waals surface area contributed by atoms with Gasteiger partial charge in [0, 0.05) is 17.7 Å². The Morgan fingerprint density at radius 3 is 2.27 bits per heavy atom. The molecule has 2 heterocycles. The summed E-state index contributed by atoms with van der Waals surface area (Å²) in [5.41, 5.74) is -3.23. The van der Waals surface area contributed by atoms with Gasteiger partial charge in [0.15, 0.2) is 23.3 Å². The number of benzene rings is 1. The predicted octanol–water partition coefficient (Wildman–Crippen LogP) is 5.39. The average molecular weight is 519 g/mol. The van der Waals surface area contributed by atoms with Crippen molar-refractivity contribution >= 4 is 17.9 Å². The highest BCUT2D eigenvalue weighted by Gasteiger charge is 2.51. The summed E-state index contributed by atoms with van der Waals surface area (Å²) in [6.07, 6.45) is 0.900. The van der Waals surface area contributed by atoms with Crippen LogP contribution in [0.1, 0.15) is 51.8 Å². The van der Waals surface area contributed by atoms with E-state index in [1.54, 1.807) is 20.8 Å². The second-order valence-electron chi connectivity index (χ2n) is 9.96. The molecule has 1 aliphatic carbocycles. The lowest BCUT2D eigenvalue weighted by molar-refractivity contribution is -0.137. The van der Waals surface area contributed by atoms with Gasteiger partial charge in [0.05, 0.1) is 18.9 Å². The number of methoxy groups -OCH3 is 1. The molecule has 0 N–H and O–H groups in total. The number of amidine groups is 1. The van der Waals surface area contributed by atoms with Gasteiger partial charge in [0.2, 0.25) is 0 Å². The molecule has 0 saturated heterocycles. The zero-order valence-electron chi connectivity index (χ0n) is 20.9. The van der Waals surface area contributed by atoms with Crippen molar-refractivity contribution in [2.24, 2.45) is 10.9 Å².